The summed E-state index contributed by atoms with van der Waals surface area (Å²) in [6, 6.07) is 14.1. The summed E-state index contributed by atoms with van der Waals surface area (Å²) in [5.41, 5.74) is 4.46. The van der Waals surface area contributed by atoms with E-state index in [-0.39, 0.29) is 6.10 Å². The van der Waals surface area contributed by atoms with Crippen LogP contribution < -0.4 is 4.74 Å². The molecule has 0 fully saturated rings. The van der Waals surface area contributed by atoms with Gasteiger partial charge < -0.3 is 9.84 Å². The fourth-order valence-electron chi connectivity index (χ4n) is 2.64. The topological polar surface area (TPSA) is 29.5 Å². The van der Waals surface area contributed by atoms with Crippen molar-refractivity contribution in [2.45, 2.75) is 46.3 Å². The van der Waals surface area contributed by atoms with Crippen LogP contribution in [-0.2, 0) is 6.42 Å². The summed E-state index contributed by atoms with van der Waals surface area (Å²) in [7, 11) is 0. The van der Waals surface area contributed by atoms with Gasteiger partial charge in [-0.15, -0.1) is 0 Å². The minimum atomic E-state index is -0.554. The number of ether oxygens (including phenoxy) is 1. The molecule has 0 heterocycles. The number of rotatable bonds is 5. The van der Waals surface area contributed by atoms with Crippen LogP contribution in [0.2, 0.25) is 0 Å². The Morgan fingerprint density at radius 1 is 1.00 bits per heavy atom. The Bertz CT molecular complexity index is 582. The maximum absolute atomic E-state index is 10.6. The summed E-state index contributed by atoms with van der Waals surface area (Å²) in [4.78, 5) is 0. The van der Waals surface area contributed by atoms with Gasteiger partial charge in [-0.2, -0.15) is 0 Å². The highest BCUT2D eigenvalue weighted by Crippen LogP contribution is 2.28. The Morgan fingerprint density at radius 3 is 2.24 bits per heavy atom. The first-order valence-electron chi connectivity index (χ1n) is 7.46. The molecule has 1 atom stereocenters. The third-order valence-corrected chi connectivity index (χ3v) is 3.35. The van der Waals surface area contributed by atoms with Crippen LogP contribution in [0.1, 0.15) is 42.2 Å². The van der Waals surface area contributed by atoms with Crippen molar-refractivity contribution in [3.63, 3.8) is 0 Å². The standard InChI is InChI=1S/C19H24O2/c1-13(2)21-19-8-6-5-7-17(19)18(20)12-16-10-14(3)9-15(4)11-16/h5-11,13,18,20H,12H2,1-4H3. The predicted molar refractivity (Wildman–Crippen MR) is 86.8 cm³/mol. The van der Waals surface area contributed by atoms with E-state index in [4.69, 9.17) is 4.74 Å². The molecule has 0 radical (unpaired) electrons. The first-order valence-corrected chi connectivity index (χ1v) is 7.46. The van der Waals surface area contributed by atoms with E-state index >= 15 is 0 Å². The molecule has 0 aliphatic rings. The molecule has 21 heavy (non-hydrogen) atoms. The van der Waals surface area contributed by atoms with Crippen molar-refractivity contribution < 1.29 is 9.84 Å². The zero-order valence-corrected chi connectivity index (χ0v) is 13.3. The number of hydrogen-bond donors (Lipinski definition) is 1. The van der Waals surface area contributed by atoms with Gasteiger partial charge in [0.15, 0.2) is 0 Å². The lowest BCUT2D eigenvalue weighted by Gasteiger charge is -2.18. The van der Waals surface area contributed by atoms with Crippen LogP contribution in [0.3, 0.4) is 0 Å². The second-order valence-corrected chi connectivity index (χ2v) is 5.92. The first-order chi connectivity index (χ1) is 9.95. The Hall–Kier alpha value is -1.80. The number of benzene rings is 2. The normalized spacial score (nSPS) is 12.5. The van der Waals surface area contributed by atoms with Crippen LogP contribution in [0.5, 0.6) is 5.75 Å². The van der Waals surface area contributed by atoms with Crippen LogP contribution in [0.4, 0.5) is 0 Å². The first kappa shape index (κ1) is 15.6. The van der Waals surface area contributed by atoms with Gasteiger partial charge in [-0.1, -0.05) is 47.5 Å². The molecule has 2 heteroatoms. The molecule has 0 spiro atoms. The van der Waals surface area contributed by atoms with E-state index in [1.54, 1.807) is 0 Å². The van der Waals surface area contributed by atoms with Gasteiger partial charge in [0.2, 0.25) is 0 Å². The third kappa shape index (κ3) is 4.33. The van der Waals surface area contributed by atoms with E-state index in [0.717, 1.165) is 16.9 Å². The number of aliphatic hydroxyl groups excluding tert-OH is 1. The molecular weight excluding hydrogens is 260 g/mol. The maximum Gasteiger partial charge on any atom is 0.125 e. The average molecular weight is 284 g/mol. The van der Waals surface area contributed by atoms with Gasteiger partial charge in [-0.05, 0) is 39.3 Å². The van der Waals surface area contributed by atoms with Crippen molar-refractivity contribution in [1.29, 1.82) is 0 Å². The Labute approximate surface area is 127 Å². The Morgan fingerprint density at radius 2 is 1.62 bits per heavy atom. The number of hydrogen-bond acceptors (Lipinski definition) is 2. The van der Waals surface area contributed by atoms with Gasteiger partial charge >= 0.3 is 0 Å². The van der Waals surface area contributed by atoms with Crippen molar-refractivity contribution >= 4 is 0 Å². The Kier molecular flexibility index (Phi) is 5.03. The second-order valence-electron chi connectivity index (χ2n) is 5.92. The summed E-state index contributed by atoms with van der Waals surface area (Å²) in [5.74, 6) is 0.768. The summed E-state index contributed by atoms with van der Waals surface area (Å²) >= 11 is 0. The molecule has 1 N–H and O–H groups in total. The molecule has 0 aromatic heterocycles. The molecule has 2 rings (SSSR count). The average Bonchev–Trinajstić information content (AvgIpc) is 2.37. The fraction of sp³-hybridized carbons (Fsp3) is 0.368. The molecule has 0 aliphatic heterocycles. The summed E-state index contributed by atoms with van der Waals surface area (Å²) in [5, 5.41) is 10.6. The highest BCUT2D eigenvalue weighted by atomic mass is 16.5. The minimum Gasteiger partial charge on any atom is -0.491 e. The molecule has 112 valence electrons. The summed E-state index contributed by atoms with van der Waals surface area (Å²) < 4.78 is 5.79. The molecule has 0 bridgehead atoms. The van der Waals surface area contributed by atoms with E-state index in [1.165, 1.54) is 11.1 Å². The van der Waals surface area contributed by atoms with Gasteiger partial charge in [-0.3, -0.25) is 0 Å². The lowest BCUT2D eigenvalue weighted by Crippen LogP contribution is -2.10. The molecule has 0 amide bonds. The van der Waals surface area contributed by atoms with Crippen LogP contribution >= 0.6 is 0 Å². The SMILES string of the molecule is Cc1cc(C)cc(CC(O)c2ccccc2OC(C)C)c1. The second kappa shape index (κ2) is 6.77. The molecule has 2 aromatic carbocycles. The number of para-hydroxylation sites is 1. The van der Waals surface area contributed by atoms with E-state index in [9.17, 15) is 5.11 Å². The molecule has 0 aliphatic carbocycles. The summed E-state index contributed by atoms with van der Waals surface area (Å²) in [6.45, 7) is 8.15. The van der Waals surface area contributed by atoms with Gasteiger partial charge in [0.1, 0.15) is 5.75 Å². The molecule has 2 aromatic rings. The van der Waals surface area contributed by atoms with E-state index in [0.29, 0.717) is 6.42 Å². The van der Waals surface area contributed by atoms with Crippen molar-refractivity contribution in [1.82, 2.24) is 0 Å². The number of aliphatic hydroxyl groups is 1. The molecular formula is C19H24O2. The summed E-state index contributed by atoms with van der Waals surface area (Å²) in [6.07, 6.45) is 0.141. The van der Waals surface area contributed by atoms with Gasteiger partial charge in [0.25, 0.3) is 0 Å². The lowest BCUT2D eigenvalue weighted by molar-refractivity contribution is 0.166. The highest BCUT2D eigenvalue weighted by Gasteiger charge is 2.15. The molecule has 1 unspecified atom stereocenters. The minimum absolute atomic E-state index is 0.0968. The largest absolute Gasteiger partial charge is 0.491 e. The maximum atomic E-state index is 10.6. The third-order valence-electron chi connectivity index (χ3n) is 3.35. The lowest BCUT2D eigenvalue weighted by atomic mass is 9.98. The molecule has 0 saturated carbocycles. The fourth-order valence-corrected chi connectivity index (χ4v) is 2.64. The van der Waals surface area contributed by atoms with E-state index in [1.807, 2.05) is 38.1 Å². The monoisotopic (exact) mass is 284 g/mol. The van der Waals surface area contributed by atoms with Crippen LogP contribution in [0.15, 0.2) is 42.5 Å². The van der Waals surface area contributed by atoms with Gasteiger partial charge in [-0.25, -0.2) is 0 Å². The zero-order chi connectivity index (χ0) is 15.4. The van der Waals surface area contributed by atoms with Crippen molar-refractivity contribution in [2.75, 3.05) is 0 Å². The van der Waals surface area contributed by atoms with Crippen LogP contribution in [-0.4, -0.2) is 11.2 Å². The smallest absolute Gasteiger partial charge is 0.125 e. The van der Waals surface area contributed by atoms with Gasteiger partial charge in [0.05, 0.1) is 12.2 Å². The predicted octanol–water partition coefficient (Wildman–Crippen LogP) is 4.37. The van der Waals surface area contributed by atoms with Crippen LogP contribution in [0.25, 0.3) is 0 Å². The highest BCUT2D eigenvalue weighted by molar-refractivity contribution is 5.37. The Balaban J connectivity index is 2.22. The van der Waals surface area contributed by atoms with Crippen molar-refractivity contribution in [3.8, 4) is 5.75 Å². The quantitative estimate of drug-likeness (QED) is 0.883. The molecule has 2 nitrogen and oxygen atoms in total. The van der Waals surface area contributed by atoms with E-state index in [2.05, 4.69) is 32.0 Å². The molecule has 0 saturated heterocycles. The number of aryl methyl sites for hydroxylation is 2. The van der Waals surface area contributed by atoms with E-state index < -0.39 is 6.10 Å². The van der Waals surface area contributed by atoms with Gasteiger partial charge in [0, 0.05) is 12.0 Å². The van der Waals surface area contributed by atoms with Crippen LogP contribution in [0, 0.1) is 13.8 Å². The van der Waals surface area contributed by atoms with Crippen molar-refractivity contribution in [3.05, 3.63) is 64.7 Å². The zero-order valence-electron chi connectivity index (χ0n) is 13.3. The van der Waals surface area contributed by atoms with Crippen molar-refractivity contribution in [2.24, 2.45) is 0 Å².